The molecule has 0 atom stereocenters. The molecule has 222 valence electrons. The fourth-order valence-electron chi connectivity index (χ4n) is 5.56. The van der Waals surface area contributed by atoms with Crippen molar-refractivity contribution in [3.63, 3.8) is 0 Å². The molecule has 0 unspecified atom stereocenters. The maximum atomic E-state index is 11.2. The van der Waals surface area contributed by atoms with Crippen LogP contribution in [0.2, 0.25) is 0 Å². The van der Waals surface area contributed by atoms with Crippen molar-refractivity contribution in [2.75, 3.05) is 63.1 Å². The third-order valence-corrected chi connectivity index (χ3v) is 8.52. The predicted octanol–water partition coefficient (Wildman–Crippen LogP) is 5.60. The molecule has 2 heterocycles. The lowest BCUT2D eigenvalue weighted by Crippen LogP contribution is -2.48. The highest BCUT2D eigenvalue weighted by atomic mass is 32.1. The number of thiocarbonyl (C=S) groups is 1. The van der Waals surface area contributed by atoms with Crippen LogP contribution in [0.25, 0.3) is 0 Å². The third-order valence-electron chi connectivity index (χ3n) is 8.06. The van der Waals surface area contributed by atoms with Gasteiger partial charge in [-0.2, -0.15) is 0 Å². The summed E-state index contributed by atoms with van der Waals surface area (Å²) in [6.45, 7) is 7.45. The van der Waals surface area contributed by atoms with Crippen LogP contribution >= 0.6 is 12.2 Å². The number of methoxy groups -OCH3 is 1. The van der Waals surface area contributed by atoms with E-state index in [0.29, 0.717) is 12.6 Å². The number of piperidine rings is 1. The molecule has 1 N–H and O–H groups in total. The molecule has 2 fully saturated rings. The lowest BCUT2D eigenvalue weighted by Gasteiger charge is -2.37. The third kappa shape index (κ3) is 7.89. The fourth-order valence-corrected chi connectivity index (χ4v) is 5.84. The first kappa shape index (κ1) is 29.6. The van der Waals surface area contributed by atoms with Crippen molar-refractivity contribution < 1.29 is 14.4 Å². The topological polar surface area (TPSA) is 83.4 Å². The highest BCUT2D eigenvalue weighted by Crippen LogP contribution is 2.30. The number of benzene rings is 3. The first-order valence-corrected chi connectivity index (χ1v) is 15.0. The predicted molar refractivity (Wildman–Crippen MR) is 171 cm³/mol. The van der Waals surface area contributed by atoms with Gasteiger partial charge in [0.25, 0.3) is 0 Å². The van der Waals surface area contributed by atoms with Crippen LogP contribution in [0.1, 0.15) is 24.8 Å². The Kier molecular flexibility index (Phi) is 10.1. The van der Waals surface area contributed by atoms with Crippen molar-refractivity contribution in [2.45, 2.75) is 31.9 Å². The number of anilines is 2. The normalized spacial score (nSPS) is 16.2. The molecule has 3 aromatic rings. The molecule has 0 saturated carbocycles. The number of ether oxygens (including phenoxy) is 2. The molecule has 0 aliphatic carbocycles. The molecule has 5 rings (SSSR count). The van der Waals surface area contributed by atoms with Crippen molar-refractivity contribution in [2.24, 2.45) is 0 Å². The van der Waals surface area contributed by atoms with Crippen molar-refractivity contribution in [3.8, 4) is 11.5 Å². The van der Waals surface area contributed by atoms with Crippen molar-refractivity contribution >= 4 is 34.3 Å². The van der Waals surface area contributed by atoms with Crippen LogP contribution in [0.15, 0.2) is 72.8 Å². The second-order valence-corrected chi connectivity index (χ2v) is 11.3. The van der Waals surface area contributed by atoms with Crippen LogP contribution in [0.3, 0.4) is 0 Å². The summed E-state index contributed by atoms with van der Waals surface area (Å²) in [7, 11) is 1.45. The van der Waals surface area contributed by atoms with E-state index >= 15 is 0 Å². The minimum atomic E-state index is -0.426. The smallest absolute Gasteiger partial charge is 0.311 e. The first-order chi connectivity index (χ1) is 20.5. The van der Waals surface area contributed by atoms with E-state index in [-0.39, 0.29) is 11.4 Å². The average molecular weight is 590 g/mol. The van der Waals surface area contributed by atoms with Gasteiger partial charge in [0.05, 0.1) is 17.0 Å². The van der Waals surface area contributed by atoms with Crippen LogP contribution in [0.5, 0.6) is 11.5 Å². The number of nitrogens with one attached hydrogen (secondary N) is 1. The number of rotatable bonds is 11. The van der Waals surface area contributed by atoms with Crippen LogP contribution in [-0.4, -0.2) is 78.7 Å². The summed E-state index contributed by atoms with van der Waals surface area (Å²) in [5, 5.41) is 14.7. The van der Waals surface area contributed by atoms with Gasteiger partial charge in [0.2, 0.25) is 0 Å². The molecule has 0 spiro atoms. The molecule has 3 aromatic carbocycles. The zero-order chi connectivity index (χ0) is 29.3. The molecular weight excluding hydrogens is 550 g/mol. The van der Waals surface area contributed by atoms with E-state index in [0.717, 1.165) is 81.5 Å². The number of piperazine rings is 1. The average Bonchev–Trinajstić information content (AvgIpc) is 3.04. The molecule has 0 radical (unpaired) electrons. The number of hydrogen-bond acceptors (Lipinski definition) is 8. The second kappa shape index (κ2) is 14.3. The van der Waals surface area contributed by atoms with E-state index in [9.17, 15) is 10.1 Å². The number of hydrogen-bond donors (Lipinski definition) is 1. The Morgan fingerprint density at radius 3 is 2.36 bits per heavy atom. The van der Waals surface area contributed by atoms with E-state index in [2.05, 4.69) is 56.4 Å². The van der Waals surface area contributed by atoms with Gasteiger partial charge in [-0.25, -0.2) is 0 Å². The Labute approximate surface area is 253 Å². The Morgan fingerprint density at radius 1 is 0.976 bits per heavy atom. The summed E-state index contributed by atoms with van der Waals surface area (Å²) < 4.78 is 11.1. The monoisotopic (exact) mass is 589 g/mol. The van der Waals surface area contributed by atoms with Gasteiger partial charge in [0.1, 0.15) is 12.4 Å². The zero-order valence-corrected chi connectivity index (χ0v) is 24.9. The van der Waals surface area contributed by atoms with Gasteiger partial charge < -0.3 is 24.6 Å². The van der Waals surface area contributed by atoms with Crippen LogP contribution in [0.4, 0.5) is 17.1 Å². The van der Waals surface area contributed by atoms with Crippen LogP contribution in [-0.2, 0) is 6.61 Å². The summed E-state index contributed by atoms with van der Waals surface area (Å²) >= 11 is 5.82. The molecule has 0 aromatic heterocycles. The SMILES string of the molecule is COc1cc(NC2CCN(C(=S)CCN3CCN(c4ccc(OCc5ccccc5)cc4)CC3)CC2)ccc1[N+](=O)[O-]. The molecule has 10 heteroatoms. The van der Waals surface area contributed by atoms with Gasteiger partial charge >= 0.3 is 5.69 Å². The molecule has 0 bridgehead atoms. The van der Waals surface area contributed by atoms with Gasteiger partial charge in [-0.1, -0.05) is 42.5 Å². The fraction of sp³-hybridized carbons (Fsp3) is 0.406. The number of nitrogens with zero attached hydrogens (tertiary/aromatic N) is 4. The first-order valence-electron chi connectivity index (χ1n) is 14.6. The standard InChI is InChI=1S/C32H39N5O4S/c1-40-31-23-27(7-12-30(31)37(38)39)33-26-13-17-36(18-14-26)32(42)15-16-34-19-21-35(22-20-34)28-8-10-29(11-9-28)41-24-25-5-3-2-4-6-25/h2-12,23,26,33H,13-22,24H2,1H3. The molecule has 2 aliphatic heterocycles. The quantitative estimate of drug-likeness (QED) is 0.175. The summed E-state index contributed by atoms with van der Waals surface area (Å²) in [4.78, 5) is 19.1. The molecule has 9 nitrogen and oxygen atoms in total. The maximum absolute atomic E-state index is 11.2. The summed E-state index contributed by atoms with van der Waals surface area (Å²) in [5.74, 6) is 1.16. The minimum Gasteiger partial charge on any atom is -0.490 e. The highest BCUT2D eigenvalue weighted by molar-refractivity contribution is 7.80. The van der Waals surface area contributed by atoms with Crippen molar-refractivity contribution in [3.05, 3.63) is 88.5 Å². The van der Waals surface area contributed by atoms with Gasteiger partial charge in [-0.05, 0) is 48.7 Å². The lowest BCUT2D eigenvalue weighted by molar-refractivity contribution is -0.385. The van der Waals surface area contributed by atoms with Crippen molar-refractivity contribution in [1.82, 2.24) is 9.80 Å². The van der Waals surface area contributed by atoms with Gasteiger partial charge in [-0.15, -0.1) is 0 Å². The van der Waals surface area contributed by atoms with E-state index in [4.69, 9.17) is 21.7 Å². The van der Waals surface area contributed by atoms with E-state index < -0.39 is 4.92 Å². The van der Waals surface area contributed by atoms with E-state index in [1.165, 1.54) is 24.4 Å². The maximum Gasteiger partial charge on any atom is 0.311 e. The second-order valence-electron chi connectivity index (χ2n) is 10.8. The lowest BCUT2D eigenvalue weighted by atomic mass is 10.0. The highest BCUT2D eigenvalue weighted by Gasteiger charge is 2.23. The van der Waals surface area contributed by atoms with Gasteiger partial charge in [0, 0.05) is 81.8 Å². The number of nitro groups is 1. The Hall–Kier alpha value is -3.89. The van der Waals surface area contributed by atoms with Gasteiger partial charge in [-0.3, -0.25) is 15.0 Å². The minimum absolute atomic E-state index is 0.0245. The summed E-state index contributed by atoms with van der Waals surface area (Å²) in [5.41, 5.74) is 3.22. The number of nitro benzene ring substituents is 1. The number of likely N-dealkylation sites (tertiary alicyclic amines) is 1. The van der Waals surface area contributed by atoms with Gasteiger partial charge in [0.15, 0.2) is 5.75 Å². The molecule has 2 saturated heterocycles. The van der Waals surface area contributed by atoms with E-state index in [1.807, 2.05) is 18.2 Å². The molecular formula is C32H39N5O4S. The molecule has 2 aliphatic rings. The van der Waals surface area contributed by atoms with Crippen LogP contribution < -0.4 is 19.7 Å². The Bertz CT molecular complexity index is 1320. The Morgan fingerprint density at radius 2 is 1.69 bits per heavy atom. The summed E-state index contributed by atoms with van der Waals surface area (Å²) in [6, 6.07) is 23.9. The molecule has 0 amide bonds. The van der Waals surface area contributed by atoms with Crippen molar-refractivity contribution in [1.29, 1.82) is 0 Å². The zero-order valence-electron chi connectivity index (χ0n) is 24.1. The van der Waals surface area contributed by atoms with Crippen LogP contribution in [0, 0.1) is 10.1 Å². The largest absolute Gasteiger partial charge is 0.490 e. The summed E-state index contributed by atoms with van der Waals surface area (Å²) in [6.07, 6.45) is 2.84. The Balaban J connectivity index is 0.994. The van der Waals surface area contributed by atoms with E-state index in [1.54, 1.807) is 12.1 Å². The molecule has 42 heavy (non-hydrogen) atoms.